The quantitative estimate of drug-likeness (QED) is 0.398. The summed E-state index contributed by atoms with van der Waals surface area (Å²) in [5.41, 5.74) is 7.00. The van der Waals surface area contributed by atoms with Gasteiger partial charge in [-0.05, 0) is 30.5 Å². The minimum absolute atomic E-state index is 0.183. The number of carbonyl (C=O) groups excluding carboxylic acids is 1. The van der Waals surface area contributed by atoms with Gasteiger partial charge in [0.1, 0.15) is 12.1 Å². The predicted molar refractivity (Wildman–Crippen MR) is 139 cm³/mol. The smallest absolute Gasteiger partial charge is 0.166 e. The summed E-state index contributed by atoms with van der Waals surface area (Å²) < 4.78 is 1.99. The highest BCUT2D eigenvalue weighted by Crippen LogP contribution is 2.33. The number of aryl methyl sites for hydroxylation is 2. The first-order valence-corrected chi connectivity index (χ1v) is 12.2. The molecule has 2 aromatic heterocycles. The predicted octanol–water partition coefficient (Wildman–Crippen LogP) is 3.62. The maximum absolute atomic E-state index is 10.9. The molecular formula is C28H31N5O2. The van der Waals surface area contributed by atoms with Crippen LogP contribution >= 0.6 is 0 Å². The number of aliphatic hydroxyl groups excluding tert-OH is 1. The monoisotopic (exact) mass is 469 g/mol. The molecule has 0 atom stereocenters. The van der Waals surface area contributed by atoms with Crippen LogP contribution in [0.15, 0.2) is 60.7 Å². The molecule has 4 aromatic rings. The van der Waals surface area contributed by atoms with Crippen LogP contribution < -0.4 is 4.90 Å². The number of nitrogens with zero attached hydrogens (tertiary/aromatic N) is 5. The maximum Gasteiger partial charge on any atom is 0.166 e. The molecule has 1 fully saturated rings. The third-order valence-corrected chi connectivity index (χ3v) is 6.69. The number of fused-ring (bicyclic) bond motifs is 1. The number of piperazine rings is 1. The number of benzene rings is 2. The molecule has 35 heavy (non-hydrogen) atoms. The summed E-state index contributed by atoms with van der Waals surface area (Å²) >= 11 is 0. The average molecular weight is 470 g/mol. The second-order valence-electron chi connectivity index (χ2n) is 9.02. The molecule has 180 valence electrons. The van der Waals surface area contributed by atoms with Crippen LogP contribution in [0.4, 0.5) is 5.82 Å². The van der Waals surface area contributed by atoms with Gasteiger partial charge in [-0.15, -0.1) is 0 Å². The van der Waals surface area contributed by atoms with E-state index in [0.29, 0.717) is 13.0 Å². The molecule has 5 rings (SSSR count). The Bertz CT molecular complexity index is 1310. The summed E-state index contributed by atoms with van der Waals surface area (Å²) in [4.78, 5) is 20.7. The summed E-state index contributed by atoms with van der Waals surface area (Å²) in [6.07, 6.45) is 2.20. The molecule has 0 amide bonds. The van der Waals surface area contributed by atoms with Gasteiger partial charge >= 0.3 is 0 Å². The fraction of sp³-hybridized carbons (Fsp3) is 0.321. The van der Waals surface area contributed by atoms with Gasteiger partial charge in [-0.1, -0.05) is 48.5 Å². The van der Waals surface area contributed by atoms with E-state index in [4.69, 9.17) is 10.1 Å². The summed E-state index contributed by atoms with van der Waals surface area (Å²) in [7, 11) is 0. The first-order chi connectivity index (χ1) is 17.2. The van der Waals surface area contributed by atoms with Crippen LogP contribution in [0.5, 0.6) is 0 Å². The topological polar surface area (TPSA) is 74.0 Å². The number of anilines is 1. The van der Waals surface area contributed by atoms with Gasteiger partial charge in [0.2, 0.25) is 0 Å². The first-order valence-electron chi connectivity index (χ1n) is 12.2. The number of aromatic nitrogens is 3. The molecule has 2 aromatic carbocycles. The zero-order valence-corrected chi connectivity index (χ0v) is 20.1. The third kappa shape index (κ3) is 4.83. The van der Waals surface area contributed by atoms with Crippen molar-refractivity contribution in [3.63, 3.8) is 0 Å². The average Bonchev–Trinajstić information content (AvgIpc) is 3.24. The van der Waals surface area contributed by atoms with Gasteiger partial charge in [-0.2, -0.15) is 9.61 Å². The number of aldehydes is 1. The summed E-state index contributed by atoms with van der Waals surface area (Å²) in [6, 6.07) is 20.8. The highest BCUT2D eigenvalue weighted by Gasteiger charge is 2.23. The first kappa shape index (κ1) is 23.2. The van der Waals surface area contributed by atoms with E-state index in [1.165, 1.54) is 0 Å². The van der Waals surface area contributed by atoms with E-state index < -0.39 is 0 Å². The molecule has 1 saturated heterocycles. The van der Waals surface area contributed by atoms with Gasteiger partial charge in [0, 0.05) is 56.3 Å². The largest absolute Gasteiger partial charge is 0.395 e. The van der Waals surface area contributed by atoms with Crippen molar-refractivity contribution in [2.75, 3.05) is 44.2 Å². The molecule has 0 aliphatic carbocycles. The maximum atomic E-state index is 10.9. The Balaban J connectivity index is 1.63. The summed E-state index contributed by atoms with van der Waals surface area (Å²) in [5, 5.41) is 14.3. The Morgan fingerprint density at radius 3 is 2.49 bits per heavy atom. The van der Waals surface area contributed by atoms with Crippen LogP contribution in [-0.4, -0.2) is 70.2 Å². The van der Waals surface area contributed by atoms with E-state index in [-0.39, 0.29) is 6.61 Å². The van der Waals surface area contributed by atoms with Crippen LogP contribution in [-0.2, 0) is 11.2 Å². The van der Waals surface area contributed by atoms with Gasteiger partial charge in [0.15, 0.2) is 5.65 Å². The zero-order valence-electron chi connectivity index (χ0n) is 20.1. The van der Waals surface area contributed by atoms with E-state index in [1.807, 2.05) is 35.7 Å². The van der Waals surface area contributed by atoms with Crippen LogP contribution in [0, 0.1) is 6.92 Å². The zero-order chi connectivity index (χ0) is 24.2. The number of hydrogen-bond acceptors (Lipinski definition) is 6. The molecule has 0 saturated carbocycles. The van der Waals surface area contributed by atoms with Crippen LogP contribution in [0.25, 0.3) is 28.0 Å². The number of hydrogen-bond donors (Lipinski definition) is 1. The SMILES string of the molecule is Cc1nn2c(N3CCN(CCO)CC3)cc(-c3cccc(CCC=O)c3)nc2c1-c1ccccc1. The van der Waals surface area contributed by atoms with Gasteiger partial charge in [-0.25, -0.2) is 4.98 Å². The Hall–Kier alpha value is -3.55. The fourth-order valence-corrected chi connectivity index (χ4v) is 4.88. The second-order valence-corrected chi connectivity index (χ2v) is 9.02. The molecule has 7 nitrogen and oxygen atoms in total. The minimum Gasteiger partial charge on any atom is -0.395 e. The molecule has 0 spiro atoms. The Labute approximate surface area is 205 Å². The van der Waals surface area contributed by atoms with Crippen molar-refractivity contribution < 1.29 is 9.90 Å². The number of rotatable bonds is 8. The standard InChI is InChI=1S/C28H31N5O2/c1-21-27(23-9-3-2-4-10-23)28-29-25(24-11-5-7-22(19-24)8-6-17-34)20-26(33(28)30-21)32-14-12-31(13-15-32)16-18-35/h2-5,7,9-11,17,19-20,35H,6,8,12-16,18H2,1H3. The van der Waals surface area contributed by atoms with Gasteiger partial charge in [-0.3, -0.25) is 4.90 Å². The van der Waals surface area contributed by atoms with Gasteiger partial charge in [0.25, 0.3) is 0 Å². The van der Waals surface area contributed by atoms with Crippen molar-refractivity contribution in [2.24, 2.45) is 0 Å². The molecular weight excluding hydrogens is 438 g/mol. The van der Waals surface area contributed by atoms with Crippen molar-refractivity contribution >= 4 is 17.8 Å². The second kappa shape index (κ2) is 10.4. The lowest BCUT2D eigenvalue weighted by Crippen LogP contribution is -2.47. The molecule has 0 radical (unpaired) electrons. The Morgan fingerprint density at radius 1 is 0.971 bits per heavy atom. The summed E-state index contributed by atoms with van der Waals surface area (Å²) in [5.74, 6) is 1.03. The lowest BCUT2D eigenvalue weighted by Gasteiger charge is -2.35. The van der Waals surface area contributed by atoms with Crippen molar-refractivity contribution in [3.05, 3.63) is 71.9 Å². The summed E-state index contributed by atoms with van der Waals surface area (Å²) in [6.45, 7) is 6.44. The van der Waals surface area contributed by atoms with Crippen molar-refractivity contribution in [1.82, 2.24) is 19.5 Å². The molecule has 7 heteroatoms. The van der Waals surface area contributed by atoms with E-state index in [9.17, 15) is 9.90 Å². The lowest BCUT2D eigenvalue weighted by molar-refractivity contribution is -0.107. The van der Waals surface area contributed by atoms with Crippen LogP contribution in [0.1, 0.15) is 17.7 Å². The third-order valence-electron chi connectivity index (χ3n) is 6.69. The highest BCUT2D eigenvalue weighted by molar-refractivity contribution is 5.83. The van der Waals surface area contributed by atoms with Crippen LogP contribution in [0.3, 0.4) is 0 Å². The van der Waals surface area contributed by atoms with Crippen LogP contribution in [0.2, 0.25) is 0 Å². The van der Waals surface area contributed by atoms with E-state index in [1.54, 1.807) is 0 Å². The van der Waals surface area contributed by atoms with E-state index in [2.05, 4.69) is 46.2 Å². The van der Waals surface area contributed by atoms with E-state index in [0.717, 1.165) is 84.0 Å². The Kier molecular flexibility index (Phi) is 6.88. The number of carbonyl (C=O) groups is 1. The fourth-order valence-electron chi connectivity index (χ4n) is 4.88. The van der Waals surface area contributed by atoms with Crippen molar-refractivity contribution in [1.29, 1.82) is 0 Å². The molecule has 1 aliphatic rings. The minimum atomic E-state index is 0.183. The van der Waals surface area contributed by atoms with Gasteiger partial charge < -0.3 is 14.8 Å². The van der Waals surface area contributed by atoms with Crippen molar-refractivity contribution in [2.45, 2.75) is 19.8 Å². The van der Waals surface area contributed by atoms with E-state index >= 15 is 0 Å². The van der Waals surface area contributed by atoms with Crippen molar-refractivity contribution in [3.8, 4) is 22.4 Å². The molecule has 3 heterocycles. The molecule has 1 aliphatic heterocycles. The molecule has 0 unspecified atom stereocenters. The lowest BCUT2D eigenvalue weighted by atomic mass is 10.0. The molecule has 0 bridgehead atoms. The number of aliphatic hydroxyl groups is 1. The molecule has 1 N–H and O–H groups in total. The number of β-amino-alcohol motifs (C(OH)–C–C–N with tert-alkyl or cyclic N) is 1. The normalized spacial score (nSPS) is 14.5. The Morgan fingerprint density at radius 2 is 1.74 bits per heavy atom. The van der Waals surface area contributed by atoms with Gasteiger partial charge in [0.05, 0.1) is 18.0 Å². The highest BCUT2D eigenvalue weighted by atomic mass is 16.3.